The van der Waals surface area contributed by atoms with Gasteiger partial charge in [-0.1, -0.05) is 69.5 Å². The number of aryl methyl sites for hydroxylation is 1. The van der Waals surface area contributed by atoms with Crippen LogP contribution in [0.1, 0.15) is 63.1 Å². The lowest BCUT2D eigenvalue weighted by atomic mass is 10.0. The highest BCUT2D eigenvalue weighted by molar-refractivity contribution is 5.73. The molecule has 5 nitrogen and oxygen atoms in total. The van der Waals surface area contributed by atoms with Crippen molar-refractivity contribution in [1.29, 1.82) is 0 Å². The number of aliphatic hydroxyl groups excluding tert-OH is 1. The molecule has 0 saturated heterocycles. The second-order valence-corrected chi connectivity index (χ2v) is 8.44. The first kappa shape index (κ1) is 25.9. The Bertz CT molecular complexity index is 792. The third-order valence-electron chi connectivity index (χ3n) is 5.58. The van der Waals surface area contributed by atoms with E-state index in [-0.39, 0.29) is 11.9 Å². The van der Waals surface area contributed by atoms with E-state index in [0.717, 1.165) is 30.8 Å². The molecule has 0 aliphatic rings. The molecule has 1 amide bonds. The van der Waals surface area contributed by atoms with Gasteiger partial charge in [0, 0.05) is 20.0 Å². The van der Waals surface area contributed by atoms with E-state index in [2.05, 4.69) is 48.7 Å². The summed E-state index contributed by atoms with van der Waals surface area (Å²) in [7, 11) is 0. The Kier molecular flexibility index (Phi) is 11.8. The van der Waals surface area contributed by atoms with Crippen molar-refractivity contribution in [2.45, 2.75) is 78.0 Å². The predicted octanol–water partition coefficient (Wildman–Crippen LogP) is 4.41. The van der Waals surface area contributed by atoms with Crippen LogP contribution in [0, 0.1) is 0 Å². The van der Waals surface area contributed by atoms with E-state index in [9.17, 15) is 9.90 Å². The average molecular weight is 441 g/mol. The summed E-state index contributed by atoms with van der Waals surface area (Å²) in [5.74, 6) is 0.717. The third kappa shape index (κ3) is 9.84. The zero-order valence-corrected chi connectivity index (χ0v) is 19.9. The lowest BCUT2D eigenvalue weighted by Crippen LogP contribution is -2.48. The fourth-order valence-electron chi connectivity index (χ4n) is 3.71. The van der Waals surface area contributed by atoms with Gasteiger partial charge in [0.15, 0.2) is 0 Å². The van der Waals surface area contributed by atoms with Crippen molar-refractivity contribution in [3.63, 3.8) is 0 Å². The zero-order valence-electron chi connectivity index (χ0n) is 19.9. The maximum Gasteiger partial charge on any atom is 0.217 e. The summed E-state index contributed by atoms with van der Waals surface area (Å²) in [5.41, 5.74) is 3.55. The smallest absolute Gasteiger partial charge is 0.217 e. The molecule has 0 saturated carbocycles. The molecule has 2 rings (SSSR count). The van der Waals surface area contributed by atoms with Gasteiger partial charge in [-0.25, -0.2) is 0 Å². The first-order chi connectivity index (χ1) is 15.5. The number of benzene rings is 2. The Labute approximate surface area is 193 Å². The molecule has 0 fully saturated rings. The quantitative estimate of drug-likeness (QED) is 0.359. The summed E-state index contributed by atoms with van der Waals surface area (Å²) in [5, 5.41) is 17.0. The summed E-state index contributed by atoms with van der Waals surface area (Å²) in [6, 6.07) is 16.0. The predicted molar refractivity (Wildman–Crippen MR) is 131 cm³/mol. The Morgan fingerprint density at radius 3 is 2.44 bits per heavy atom. The minimum atomic E-state index is -0.692. The van der Waals surface area contributed by atoms with E-state index in [1.54, 1.807) is 0 Å². The molecule has 32 heavy (non-hydrogen) atoms. The first-order valence-electron chi connectivity index (χ1n) is 12.0. The highest BCUT2D eigenvalue weighted by Gasteiger charge is 2.20. The number of carbonyl (C=O) groups excluding carboxylic acids is 1. The molecule has 0 spiro atoms. The molecule has 2 atom stereocenters. The Hall–Kier alpha value is -2.37. The largest absolute Gasteiger partial charge is 0.494 e. The van der Waals surface area contributed by atoms with Gasteiger partial charge in [0.2, 0.25) is 5.91 Å². The van der Waals surface area contributed by atoms with E-state index in [4.69, 9.17) is 4.74 Å². The highest BCUT2D eigenvalue weighted by Crippen LogP contribution is 2.15. The minimum Gasteiger partial charge on any atom is -0.494 e. The van der Waals surface area contributed by atoms with Crippen LogP contribution in [0.15, 0.2) is 48.5 Å². The molecule has 176 valence electrons. The molecule has 0 heterocycles. The van der Waals surface area contributed by atoms with E-state index in [0.29, 0.717) is 19.5 Å². The summed E-state index contributed by atoms with van der Waals surface area (Å²) in [6.45, 7) is 7.65. The van der Waals surface area contributed by atoms with Gasteiger partial charge in [-0.15, -0.1) is 0 Å². The summed E-state index contributed by atoms with van der Waals surface area (Å²) < 4.78 is 5.81. The molecule has 3 N–H and O–H groups in total. The number of amides is 1. The molecule has 2 aromatic rings. The molecule has 0 aliphatic heterocycles. The second-order valence-electron chi connectivity index (χ2n) is 8.44. The maximum absolute atomic E-state index is 11.7. The van der Waals surface area contributed by atoms with E-state index in [1.165, 1.54) is 37.3 Å². The zero-order chi connectivity index (χ0) is 23.2. The fourth-order valence-corrected chi connectivity index (χ4v) is 3.71. The van der Waals surface area contributed by atoms with Crippen LogP contribution in [0.3, 0.4) is 0 Å². The lowest BCUT2D eigenvalue weighted by Gasteiger charge is -2.24. The monoisotopic (exact) mass is 440 g/mol. The number of carbonyl (C=O) groups is 1. The van der Waals surface area contributed by atoms with Crippen LogP contribution < -0.4 is 15.4 Å². The summed E-state index contributed by atoms with van der Waals surface area (Å²) in [6.07, 6.45) is 5.61. The van der Waals surface area contributed by atoms with Gasteiger partial charge in [-0.3, -0.25) is 4.79 Å². The van der Waals surface area contributed by atoms with Gasteiger partial charge >= 0.3 is 0 Å². The topological polar surface area (TPSA) is 70.6 Å². The Morgan fingerprint density at radius 1 is 1.00 bits per heavy atom. The van der Waals surface area contributed by atoms with Gasteiger partial charge < -0.3 is 20.5 Å². The molecule has 0 radical (unpaired) electrons. The normalized spacial score (nSPS) is 12.9. The number of ether oxygens (including phenoxy) is 1. The number of unbranched alkanes of at least 4 members (excludes halogenated alkanes) is 3. The highest BCUT2D eigenvalue weighted by atomic mass is 16.5. The van der Waals surface area contributed by atoms with Gasteiger partial charge in [0.05, 0.1) is 18.8 Å². The number of rotatable bonds is 15. The Balaban J connectivity index is 1.85. The van der Waals surface area contributed by atoms with Crippen LogP contribution in [0.25, 0.3) is 0 Å². The molecule has 5 heteroatoms. The number of nitrogens with one attached hydrogen (secondary N) is 2. The Morgan fingerprint density at radius 2 is 1.75 bits per heavy atom. The molecule has 0 aliphatic carbocycles. The van der Waals surface area contributed by atoms with Crippen LogP contribution in [0.2, 0.25) is 0 Å². The maximum atomic E-state index is 11.7. The molecule has 2 unspecified atom stereocenters. The lowest BCUT2D eigenvalue weighted by molar-refractivity contribution is -0.120. The van der Waals surface area contributed by atoms with Gasteiger partial charge in [0.25, 0.3) is 0 Å². The van der Waals surface area contributed by atoms with Crippen molar-refractivity contribution in [2.75, 3.05) is 13.2 Å². The molecule has 0 bridgehead atoms. The fraction of sp³-hybridized carbons (Fsp3) is 0.519. The van der Waals surface area contributed by atoms with E-state index in [1.807, 2.05) is 24.3 Å². The molecular weight excluding hydrogens is 400 g/mol. The number of hydrogen-bond acceptors (Lipinski definition) is 4. The van der Waals surface area contributed by atoms with Gasteiger partial charge in [-0.05, 0) is 48.1 Å². The van der Waals surface area contributed by atoms with Crippen LogP contribution >= 0.6 is 0 Å². The van der Waals surface area contributed by atoms with Crippen LogP contribution in [0.4, 0.5) is 0 Å². The van der Waals surface area contributed by atoms with Crippen molar-refractivity contribution in [3.05, 3.63) is 65.2 Å². The van der Waals surface area contributed by atoms with Gasteiger partial charge in [-0.2, -0.15) is 0 Å². The molecule has 0 aromatic heterocycles. The number of aliphatic hydroxyl groups is 1. The van der Waals surface area contributed by atoms with E-state index < -0.39 is 6.10 Å². The van der Waals surface area contributed by atoms with Crippen molar-refractivity contribution < 1.29 is 14.6 Å². The van der Waals surface area contributed by atoms with Crippen molar-refractivity contribution in [2.24, 2.45) is 0 Å². The van der Waals surface area contributed by atoms with Gasteiger partial charge in [0.1, 0.15) is 5.75 Å². The SMILES string of the molecule is CCCCCCOc1ccc(CC(NC(C)=O)C(O)CNCc2cccc(CC)c2)cc1. The second kappa shape index (κ2) is 14.6. The van der Waals surface area contributed by atoms with Crippen LogP contribution in [0.5, 0.6) is 5.75 Å². The molecular formula is C27H40N2O3. The average Bonchev–Trinajstić information content (AvgIpc) is 2.79. The van der Waals surface area contributed by atoms with Crippen LogP contribution in [-0.2, 0) is 24.2 Å². The first-order valence-corrected chi connectivity index (χ1v) is 12.0. The third-order valence-corrected chi connectivity index (χ3v) is 5.58. The van der Waals surface area contributed by atoms with Crippen molar-refractivity contribution in [1.82, 2.24) is 10.6 Å². The standard InChI is InChI=1S/C27H40N2O3/c1-4-6-7-8-16-32-25-14-12-23(13-15-25)18-26(29-21(3)30)27(31)20-28-19-24-11-9-10-22(5-2)17-24/h9-15,17,26-28,31H,4-8,16,18-20H2,1-3H3,(H,29,30). The van der Waals surface area contributed by atoms with E-state index >= 15 is 0 Å². The molecule has 2 aromatic carbocycles. The summed E-state index contributed by atoms with van der Waals surface area (Å²) in [4.78, 5) is 11.7. The number of hydrogen-bond donors (Lipinski definition) is 3. The van der Waals surface area contributed by atoms with Crippen LogP contribution in [-0.4, -0.2) is 36.3 Å². The summed E-state index contributed by atoms with van der Waals surface area (Å²) >= 11 is 0. The van der Waals surface area contributed by atoms with Crippen molar-refractivity contribution in [3.8, 4) is 5.75 Å². The van der Waals surface area contributed by atoms with Crippen molar-refractivity contribution >= 4 is 5.91 Å². The minimum absolute atomic E-state index is 0.142.